The number of carbonyl (C=O) groups excluding carboxylic acids is 1. The van der Waals surface area contributed by atoms with Crippen LogP contribution in [0.2, 0.25) is 0 Å². The van der Waals surface area contributed by atoms with Gasteiger partial charge in [-0.2, -0.15) is 0 Å². The summed E-state index contributed by atoms with van der Waals surface area (Å²) in [4.78, 5) is 22.9. The highest BCUT2D eigenvalue weighted by Crippen LogP contribution is 2.33. The molecule has 214 valence electrons. The highest BCUT2D eigenvalue weighted by atomic mass is 16.5. The van der Waals surface area contributed by atoms with Crippen LogP contribution in [0.3, 0.4) is 0 Å². The van der Waals surface area contributed by atoms with Gasteiger partial charge in [-0.05, 0) is 34.7 Å². The third kappa shape index (κ3) is 5.50. The number of benzene rings is 3. The summed E-state index contributed by atoms with van der Waals surface area (Å²) >= 11 is 0. The van der Waals surface area contributed by atoms with Crippen LogP contribution in [-0.4, -0.2) is 69.2 Å². The van der Waals surface area contributed by atoms with Gasteiger partial charge in [0.25, 0.3) is 5.91 Å². The molecule has 1 amide bonds. The molecule has 0 aliphatic carbocycles. The second-order valence-electron chi connectivity index (χ2n) is 11.5. The zero-order chi connectivity index (χ0) is 28.3. The van der Waals surface area contributed by atoms with E-state index in [4.69, 9.17) is 4.74 Å². The molecule has 5 aromatic rings. The quantitative estimate of drug-likeness (QED) is 0.251. The van der Waals surface area contributed by atoms with Crippen LogP contribution in [0.25, 0.3) is 21.9 Å². The van der Waals surface area contributed by atoms with E-state index in [1.807, 2.05) is 23.6 Å². The van der Waals surface area contributed by atoms with Crippen molar-refractivity contribution in [2.24, 2.45) is 0 Å². The molecule has 2 saturated heterocycles. The molecule has 7 rings (SSSR count). The zero-order valence-corrected chi connectivity index (χ0v) is 23.9. The molecular formula is C35H37N5O2. The Labute approximate surface area is 247 Å². The number of fused-ring (bicyclic) bond motifs is 1. The molecule has 3 aromatic carbocycles. The van der Waals surface area contributed by atoms with Gasteiger partial charge in [-0.15, -0.1) is 0 Å². The van der Waals surface area contributed by atoms with E-state index in [2.05, 4.69) is 98.0 Å². The summed E-state index contributed by atoms with van der Waals surface area (Å²) in [6.45, 7) is 6.22. The van der Waals surface area contributed by atoms with Gasteiger partial charge in [0.15, 0.2) is 0 Å². The minimum Gasteiger partial charge on any atom is -0.378 e. The fourth-order valence-corrected chi connectivity index (χ4v) is 6.55. The lowest BCUT2D eigenvalue weighted by Gasteiger charge is -2.33. The first kappa shape index (κ1) is 26.7. The van der Waals surface area contributed by atoms with Crippen molar-refractivity contribution >= 4 is 16.7 Å². The molecule has 42 heavy (non-hydrogen) atoms. The molecule has 0 atom stereocenters. The third-order valence-corrected chi connectivity index (χ3v) is 8.78. The van der Waals surface area contributed by atoms with Gasteiger partial charge in [0.2, 0.25) is 0 Å². The number of nitrogens with zero attached hydrogens (tertiary/aromatic N) is 5. The Hall–Kier alpha value is -4.20. The maximum atomic E-state index is 13.9. The summed E-state index contributed by atoms with van der Waals surface area (Å²) in [5.74, 6) is 0.0688. The van der Waals surface area contributed by atoms with Gasteiger partial charge in [0.1, 0.15) is 0 Å². The molecule has 7 heteroatoms. The Bertz CT molecular complexity index is 1650. The molecule has 0 radical (unpaired) electrons. The highest BCUT2D eigenvalue weighted by Gasteiger charge is 2.26. The van der Waals surface area contributed by atoms with Gasteiger partial charge >= 0.3 is 0 Å². The predicted octanol–water partition coefficient (Wildman–Crippen LogP) is 5.86. The molecule has 4 heterocycles. The summed E-state index contributed by atoms with van der Waals surface area (Å²) in [5.41, 5.74) is 5.34. The van der Waals surface area contributed by atoms with Gasteiger partial charge < -0.3 is 18.8 Å². The number of amides is 1. The molecule has 0 N–H and O–H groups in total. The summed E-state index contributed by atoms with van der Waals surface area (Å²) in [5, 5.41) is 2.32. The lowest BCUT2D eigenvalue weighted by atomic mass is 9.97. The first-order valence-electron chi connectivity index (χ1n) is 15.0. The average molecular weight is 560 g/mol. The fourth-order valence-electron chi connectivity index (χ4n) is 6.55. The van der Waals surface area contributed by atoms with Crippen LogP contribution >= 0.6 is 0 Å². The summed E-state index contributed by atoms with van der Waals surface area (Å²) in [6.07, 6.45) is 10.4. The minimum absolute atomic E-state index is 0.0688. The van der Waals surface area contributed by atoms with Crippen molar-refractivity contribution in [3.8, 4) is 11.1 Å². The Balaban J connectivity index is 1.15. The first-order chi connectivity index (χ1) is 20.7. The predicted molar refractivity (Wildman–Crippen MR) is 165 cm³/mol. The Morgan fingerprint density at radius 1 is 0.810 bits per heavy atom. The summed E-state index contributed by atoms with van der Waals surface area (Å²) < 4.78 is 10.1. The Morgan fingerprint density at radius 3 is 2.40 bits per heavy atom. The third-order valence-electron chi connectivity index (χ3n) is 8.78. The lowest BCUT2D eigenvalue weighted by molar-refractivity contribution is 0.0303. The number of carbonyl (C=O) groups is 1. The van der Waals surface area contributed by atoms with Gasteiger partial charge in [-0.1, -0.05) is 72.8 Å². The number of morpholine rings is 1. The van der Waals surface area contributed by atoms with E-state index in [9.17, 15) is 4.79 Å². The molecule has 0 spiro atoms. The van der Waals surface area contributed by atoms with Gasteiger partial charge in [-0.25, -0.2) is 4.98 Å². The van der Waals surface area contributed by atoms with E-state index >= 15 is 0 Å². The van der Waals surface area contributed by atoms with Crippen LogP contribution in [0.1, 0.15) is 40.5 Å². The molecule has 7 nitrogen and oxygen atoms in total. The lowest BCUT2D eigenvalue weighted by Crippen LogP contribution is -2.40. The van der Waals surface area contributed by atoms with Crippen LogP contribution in [0.5, 0.6) is 0 Å². The largest absolute Gasteiger partial charge is 0.378 e. The van der Waals surface area contributed by atoms with E-state index in [1.165, 1.54) is 16.6 Å². The normalized spacial score (nSPS) is 16.7. The smallest absolute Gasteiger partial charge is 0.256 e. The highest BCUT2D eigenvalue weighted by molar-refractivity contribution is 6.06. The van der Waals surface area contributed by atoms with E-state index in [-0.39, 0.29) is 5.91 Å². The standard InChI is InChI=1S/C35H37N5O2/c41-35(39-17-19-42-20-18-39)34-25-38(24-33(34)32-12-6-10-28-9-4-5-11-31(28)32)23-30-21-36-26-40(30)29-13-15-37(16-14-29)22-27-7-2-1-3-8-27/h1-12,21,24-26,29H,13-20,22-23H2. The topological polar surface area (TPSA) is 55.5 Å². The number of rotatable bonds is 7. The zero-order valence-electron chi connectivity index (χ0n) is 23.9. The molecule has 0 saturated carbocycles. The molecule has 0 bridgehead atoms. The number of hydrogen-bond acceptors (Lipinski definition) is 4. The Kier molecular flexibility index (Phi) is 7.60. The Morgan fingerprint density at radius 2 is 1.57 bits per heavy atom. The first-order valence-corrected chi connectivity index (χ1v) is 15.0. The summed E-state index contributed by atoms with van der Waals surface area (Å²) in [7, 11) is 0. The number of hydrogen-bond donors (Lipinski definition) is 0. The number of piperidine rings is 1. The van der Waals surface area contributed by atoms with Gasteiger partial charge in [-0.3, -0.25) is 9.69 Å². The maximum absolute atomic E-state index is 13.9. The van der Waals surface area contributed by atoms with Gasteiger partial charge in [0.05, 0.1) is 37.3 Å². The second kappa shape index (κ2) is 12.0. The second-order valence-corrected chi connectivity index (χ2v) is 11.5. The molecule has 0 unspecified atom stereocenters. The maximum Gasteiger partial charge on any atom is 0.256 e. The number of likely N-dealkylation sites (tertiary alicyclic amines) is 1. The molecule has 2 fully saturated rings. The summed E-state index contributed by atoms with van der Waals surface area (Å²) in [6, 6.07) is 25.9. The number of imidazole rings is 1. The number of ether oxygens (including phenoxy) is 1. The van der Waals surface area contributed by atoms with Crippen LogP contribution < -0.4 is 0 Å². The van der Waals surface area contributed by atoms with Crippen molar-refractivity contribution in [2.45, 2.75) is 32.0 Å². The van der Waals surface area contributed by atoms with Crippen LogP contribution in [0.4, 0.5) is 0 Å². The van der Waals surface area contributed by atoms with Gasteiger partial charge in [0, 0.05) is 62.9 Å². The van der Waals surface area contributed by atoms with Crippen molar-refractivity contribution in [3.63, 3.8) is 0 Å². The molecule has 2 aliphatic heterocycles. The van der Waals surface area contributed by atoms with Crippen LogP contribution in [-0.2, 0) is 17.8 Å². The van der Waals surface area contributed by atoms with E-state index in [1.54, 1.807) is 0 Å². The monoisotopic (exact) mass is 559 g/mol. The average Bonchev–Trinajstić information content (AvgIpc) is 3.69. The number of aromatic nitrogens is 3. The van der Waals surface area contributed by atoms with E-state index in [0.29, 0.717) is 38.9 Å². The van der Waals surface area contributed by atoms with Crippen LogP contribution in [0, 0.1) is 0 Å². The van der Waals surface area contributed by atoms with Crippen molar-refractivity contribution in [2.75, 3.05) is 39.4 Å². The molecule has 2 aliphatic rings. The SMILES string of the molecule is O=C(c1cn(Cc2cncn2C2CCN(Cc3ccccc3)CC2)cc1-c1cccc2ccccc12)N1CCOCC1. The van der Waals surface area contributed by atoms with E-state index < -0.39 is 0 Å². The van der Waals surface area contributed by atoms with Crippen LogP contribution in [0.15, 0.2) is 97.7 Å². The van der Waals surface area contributed by atoms with Crippen molar-refractivity contribution in [1.82, 2.24) is 23.9 Å². The molecule has 2 aromatic heterocycles. The fraction of sp³-hybridized carbons (Fsp3) is 0.314. The minimum atomic E-state index is 0.0688. The molecular weight excluding hydrogens is 522 g/mol. The van der Waals surface area contributed by atoms with Crippen molar-refractivity contribution < 1.29 is 9.53 Å². The van der Waals surface area contributed by atoms with E-state index in [0.717, 1.165) is 54.6 Å². The van der Waals surface area contributed by atoms with Crippen molar-refractivity contribution in [1.29, 1.82) is 0 Å². The van der Waals surface area contributed by atoms with Crippen molar-refractivity contribution in [3.05, 3.63) is 115 Å².